The van der Waals surface area contributed by atoms with Gasteiger partial charge < -0.3 is 0 Å². The number of rotatable bonds is 3. The molecule has 0 aliphatic carbocycles. The van der Waals surface area contributed by atoms with E-state index in [1.54, 1.807) is 20.0 Å². The van der Waals surface area contributed by atoms with Crippen LogP contribution in [0.5, 0.6) is 0 Å². The van der Waals surface area contributed by atoms with Crippen LogP contribution in [0.4, 0.5) is 4.39 Å². The van der Waals surface area contributed by atoms with E-state index in [9.17, 15) is 9.18 Å². The van der Waals surface area contributed by atoms with Crippen LogP contribution >= 0.6 is 27.3 Å². The zero-order chi connectivity index (χ0) is 14.0. The Bertz CT molecular complexity index is 649. The third-order valence-corrected chi connectivity index (χ3v) is 4.07. The second kappa shape index (κ2) is 5.62. The Morgan fingerprint density at radius 3 is 2.89 bits per heavy atom. The molecule has 2 aromatic rings. The maximum atomic E-state index is 12.7. The highest BCUT2D eigenvalue weighted by molar-refractivity contribution is 9.10. The van der Waals surface area contributed by atoms with Gasteiger partial charge in [0.15, 0.2) is 5.13 Å². The molecule has 0 aliphatic rings. The topological polar surface area (TPSA) is 59.3 Å². The molecule has 0 aliphatic heterocycles. The number of hydrazone groups is 1. The Labute approximate surface area is 121 Å². The molecule has 0 fully saturated rings. The van der Waals surface area contributed by atoms with E-state index in [2.05, 4.69) is 31.6 Å². The van der Waals surface area contributed by atoms with Crippen molar-refractivity contribution in [3.05, 3.63) is 38.0 Å². The minimum Gasteiger partial charge on any atom is -0.266 e. The number of thiophene rings is 1. The summed E-state index contributed by atoms with van der Waals surface area (Å²) in [7, 11) is 1.67. The molecule has 0 atom stereocenters. The summed E-state index contributed by atoms with van der Waals surface area (Å²) in [6.45, 7) is 1.79. The molecule has 0 spiro atoms. The average molecular weight is 345 g/mol. The van der Waals surface area contributed by atoms with Crippen molar-refractivity contribution in [1.29, 1.82) is 0 Å². The number of aryl methyl sites for hydroxylation is 2. The van der Waals surface area contributed by atoms with Gasteiger partial charge in [0, 0.05) is 7.05 Å². The average Bonchev–Trinajstić information content (AvgIpc) is 2.84. The number of carbonyl (C=O) groups excluding carboxylic acids is 1. The zero-order valence-corrected chi connectivity index (χ0v) is 12.5. The van der Waals surface area contributed by atoms with E-state index in [4.69, 9.17) is 0 Å². The van der Waals surface area contributed by atoms with Crippen molar-refractivity contribution in [3.63, 3.8) is 0 Å². The van der Waals surface area contributed by atoms with E-state index in [1.807, 2.05) is 0 Å². The number of hydrogen-bond donors (Lipinski definition) is 1. The standard InChI is InChI=1S/C11H10BrFN4OS/c1-6-9(12)10(17(2)16-6)11(18)15-14-5-7-3-4-8(13)19-7/h3-5H,1-2H3,(H,15,18)/b14-5+. The first kappa shape index (κ1) is 13.9. The number of hydrogen-bond acceptors (Lipinski definition) is 4. The SMILES string of the molecule is Cc1nn(C)c(C(=O)N/N=C/c2ccc(F)s2)c1Br. The van der Waals surface area contributed by atoms with Crippen LogP contribution in [0.15, 0.2) is 21.7 Å². The molecule has 0 saturated heterocycles. The Kier molecular flexibility index (Phi) is 4.11. The summed E-state index contributed by atoms with van der Waals surface area (Å²) >= 11 is 4.25. The van der Waals surface area contributed by atoms with Gasteiger partial charge in [0.05, 0.1) is 21.3 Å². The van der Waals surface area contributed by atoms with Crippen LogP contribution in [0, 0.1) is 12.1 Å². The minimum atomic E-state index is -0.386. The minimum absolute atomic E-state index is 0.294. The molecule has 2 rings (SSSR count). The van der Waals surface area contributed by atoms with Gasteiger partial charge in [0.2, 0.25) is 0 Å². The van der Waals surface area contributed by atoms with Gasteiger partial charge in [-0.15, -0.1) is 11.3 Å². The van der Waals surface area contributed by atoms with E-state index in [0.29, 0.717) is 15.0 Å². The molecule has 0 saturated carbocycles. The molecule has 1 N–H and O–H groups in total. The van der Waals surface area contributed by atoms with Crippen molar-refractivity contribution in [3.8, 4) is 0 Å². The molecule has 1 amide bonds. The molecule has 19 heavy (non-hydrogen) atoms. The predicted octanol–water partition coefficient (Wildman–Crippen LogP) is 2.46. The first-order chi connectivity index (χ1) is 8.99. The highest BCUT2D eigenvalue weighted by Crippen LogP contribution is 2.19. The molecule has 2 aromatic heterocycles. The number of aromatic nitrogens is 2. The lowest BCUT2D eigenvalue weighted by Gasteiger charge is -2.00. The molecular formula is C11H10BrFN4OS. The van der Waals surface area contributed by atoms with E-state index in [-0.39, 0.29) is 11.0 Å². The maximum Gasteiger partial charge on any atom is 0.290 e. The van der Waals surface area contributed by atoms with Gasteiger partial charge in [-0.1, -0.05) is 0 Å². The monoisotopic (exact) mass is 344 g/mol. The lowest BCUT2D eigenvalue weighted by Crippen LogP contribution is -2.21. The first-order valence-electron chi connectivity index (χ1n) is 5.27. The molecule has 8 heteroatoms. The highest BCUT2D eigenvalue weighted by atomic mass is 79.9. The van der Waals surface area contributed by atoms with Crippen LogP contribution in [0.3, 0.4) is 0 Å². The van der Waals surface area contributed by atoms with Gasteiger partial charge >= 0.3 is 0 Å². The number of halogens is 2. The Hall–Kier alpha value is -1.54. The number of amides is 1. The van der Waals surface area contributed by atoms with Gasteiger partial charge in [-0.3, -0.25) is 9.48 Å². The fraction of sp³-hybridized carbons (Fsp3) is 0.182. The molecular weight excluding hydrogens is 335 g/mol. The van der Waals surface area contributed by atoms with Crippen molar-refractivity contribution in [2.24, 2.45) is 12.1 Å². The largest absolute Gasteiger partial charge is 0.290 e. The molecule has 0 aromatic carbocycles. The predicted molar refractivity (Wildman–Crippen MR) is 75.0 cm³/mol. The number of carbonyl (C=O) groups is 1. The number of nitrogens with zero attached hydrogens (tertiary/aromatic N) is 3. The Morgan fingerprint density at radius 2 is 2.37 bits per heavy atom. The van der Waals surface area contributed by atoms with E-state index in [1.165, 1.54) is 17.0 Å². The molecule has 0 unspecified atom stereocenters. The lowest BCUT2D eigenvalue weighted by atomic mass is 10.3. The van der Waals surface area contributed by atoms with E-state index in [0.717, 1.165) is 17.0 Å². The van der Waals surface area contributed by atoms with Crippen molar-refractivity contribution < 1.29 is 9.18 Å². The molecule has 0 radical (unpaired) electrons. The second-order valence-electron chi connectivity index (χ2n) is 3.71. The fourth-order valence-corrected chi connectivity index (χ4v) is 2.60. The van der Waals surface area contributed by atoms with Crippen LogP contribution in [0.1, 0.15) is 21.1 Å². The van der Waals surface area contributed by atoms with Gasteiger partial charge in [0.25, 0.3) is 5.91 Å². The van der Waals surface area contributed by atoms with Crippen LogP contribution in [0.25, 0.3) is 0 Å². The lowest BCUT2D eigenvalue weighted by molar-refractivity contribution is 0.0945. The summed E-state index contributed by atoms with van der Waals surface area (Å²) in [5.74, 6) is -0.386. The summed E-state index contributed by atoms with van der Waals surface area (Å²) in [4.78, 5) is 12.5. The van der Waals surface area contributed by atoms with Crippen molar-refractivity contribution >= 4 is 39.4 Å². The third kappa shape index (κ3) is 3.07. The van der Waals surface area contributed by atoms with Crippen LogP contribution in [-0.2, 0) is 7.05 Å². The smallest absolute Gasteiger partial charge is 0.266 e. The summed E-state index contributed by atoms with van der Waals surface area (Å²) in [6.07, 6.45) is 1.39. The van der Waals surface area contributed by atoms with Gasteiger partial charge in [-0.2, -0.15) is 14.6 Å². The van der Waals surface area contributed by atoms with Crippen LogP contribution in [0.2, 0.25) is 0 Å². The third-order valence-electron chi connectivity index (χ3n) is 2.32. The summed E-state index contributed by atoms with van der Waals surface area (Å²) in [5.41, 5.74) is 3.48. The Morgan fingerprint density at radius 1 is 1.63 bits per heavy atom. The van der Waals surface area contributed by atoms with Gasteiger partial charge in [0.1, 0.15) is 5.69 Å². The van der Waals surface area contributed by atoms with Crippen LogP contribution in [-0.4, -0.2) is 21.9 Å². The Balaban J connectivity index is 2.07. The second-order valence-corrected chi connectivity index (χ2v) is 5.57. The van der Waals surface area contributed by atoms with Gasteiger partial charge in [-0.25, -0.2) is 5.43 Å². The zero-order valence-electron chi connectivity index (χ0n) is 10.1. The van der Waals surface area contributed by atoms with Crippen LogP contribution < -0.4 is 5.43 Å². The molecule has 0 bridgehead atoms. The maximum absolute atomic E-state index is 12.7. The molecule has 100 valence electrons. The van der Waals surface area contributed by atoms with Crippen molar-refractivity contribution in [2.75, 3.05) is 0 Å². The first-order valence-corrected chi connectivity index (χ1v) is 6.88. The quantitative estimate of drug-likeness (QED) is 0.686. The molecule has 2 heterocycles. The normalized spacial score (nSPS) is 11.2. The van der Waals surface area contributed by atoms with E-state index >= 15 is 0 Å². The van der Waals surface area contributed by atoms with Crippen molar-refractivity contribution in [2.45, 2.75) is 6.92 Å². The highest BCUT2D eigenvalue weighted by Gasteiger charge is 2.17. The fourth-order valence-electron chi connectivity index (χ4n) is 1.48. The van der Waals surface area contributed by atoms with E-state index < -0.39 is 0 Å². The van der Waals surface area contributed by atoms with Gasteiger partial charge in [-0.05, 0) is 35.0 Å². The summed E-state index contributed by atoms with van der Waals surface area (Å²) in [6, 6.07) is 2.93. The summed E-state index contributed by atoms with van der Waals surface area (Å²) < 4.78 is 14.8. The molecule has 5 nitrogen and oxygen atoms in total. The summed E-state index contributed by atoms with van der Waals surface area (Å²) in [5, 5.41) is 7.60. The number of nitrogens with one attached hydrogen (secondary N) is 1. The van der Waals surface area contributed by atoms with Crippen molar-refractivity contribution in [1.82, 2.24) is 15.2 Å².